The molecule has 0 aliphatic carbocycles. The molecule has 3 nitrogen and oxygen atoms in total. The fourth-order valence-electron chi connectivity index (χ4n) is 1.33. The van der Waals surface area contributed by atoms with Gasteiger partial charge in [-0.2, -0.15) is 0 Å². The number of fused-ring (bicyclic) bond motifs is 1. The van der Waals surface area contributed by atoms with Gasteiger partial charge in [-0.1, -0.05) is 6.07 Å². The number of hydrogen-bond acceptors (Lipinski definition) is 3. The van der Waals surface area contributed by atoms with Gasteiger partial charge in [-0.05, 0) is 24.3 Å². The van der Waals surface area contributed by atoms with Gasteiger partial charge in [0.15, 0.2) is 0 Å². The Balaban J connectivity index is 2.72. The SMILES string of the molecule is NCc1ccc2c(N)cccc2n1. The van der Waals surface area contributed by atoms with Crippen molar-refractivity contribution >= 4 is 16.6 Å². The van der Waals surface area contributed by atoms with Crippen molar-refractivity contribution in [1.29, 1.82) is 0 Å². The summed E-state index contributed by atoms with van der Waals surface area (Å²) in [5, 5.41) is 0.986. The summed E-state index contributed by atoms with van der Waals surface area (Å²) in [6.07, 6.45) is 0. The number of anilines is 1. The molecule has 0 amide bonds. The Labute approximate surface area is 76.4 Å². The Hall–Kier alpha value is -1.61. The zero-order chi connectivity index (χ0) is 9.26. The van der Waals surface area contributed by atoms with E-state index in [1.54, 1.807) is 0 Å². The first-order valence-corrected chi connectivity index (χ1v) is 4.15. The first-order chi connectivity index (χ1) is 6.31. The molecule has 1 aromatic carbocycles. The van der Waals surface area contributed by atoms with Crippen LogP contribution < -0.4 is 11.5 Å². The highest BCUT2D eigenvalue weighted by molar-refractivity contribution is 5.90. The van der Waals surface area contributed by atoms with Crippen molar-refractivity contribution in [1.82, 2.24) is 4.98 Å². The van der Waals surface area contributed by atoms with Crippen LogP contribution in [-0.2, 0) is 6.54 Å². The van der Waals surface area contributed by atoms with E-state index in [-0.39, 0.29) is 0 Å². The third-order valence-corrected chi connectivity index (χ3v) is 2.03. The molecule has 1 aromatic heterocycles. The van der Waals surface area contributed by atoms with E-state index in [0.29, 0.717) is 6.54 Å². The van der Waals surface area contributed by atoms with E-state index in [0.717, 1.165) is 22.3 Å². The van der Waals surface area contributed by atoms with Crippen LogP contribution in [0.3, 0.4) is 0 Å². The van der Waals surface area contributed by atoms with Crippen molar-refractivity contribution in [2.45, 2.75) is 6.54 Å². The van der Waals surface area contributed by atoms with Gasteiger partial charge in [-0.3, -0.25) is 4.98 Å². The van der Waals surface area contributed by atoms with E-state index in [9.17, 15) is 0 Å². The fraction of sp³-hybridized carbons (Fsp3) is 0.100. The van der Waals surface area contributed by atoms with E-state index in [4.69, 9.17) is 11.5 Å². The lowest BCUT2D eigenvalue weighted by Gasteiger charge is -2.02. The summed E-state index contributed by atoms with van der Waals surface area (Å²) >= 11 is 0. The molecular formula is C10H11N3. The zero-order valence-corrected chi connectivity index (χ0v) is 7.20. The van der Waals surface area contributed by atoms with Gasteiger partial charge in [0.25, 0.3) is 0 Å². The van der Waals surface area contributed by atoms with E-state index >= 15 is 0 Å². The fourth-order valence-corrected chi connectivity index (χ4v) is 1.33. The Morgan fingerprint density at radius 1 is 1.15 bits per heavy atom. The third-order valence-electron chi connectivity index (χ3n) is 2.03. The van der Waals surface area contributed by atoms with Gasteiger partial charge < -0.3 is 11.5 Å². The molecule has 0 spiro atoms. The summed E-state index contributed by atoms with van der Waals surface area (Å²) < 4.78 is 0. The van der Waals surface area contributed by atoms with Crippen molar-refractivity contribution in [3.05, 3.63) is 36.0 Å². The number of hydrogen-bond donors (Lipinski definition) is 2. The molecule has 0 aliphatic heterocycles. The molecule has 0 radical (unpaired) electrons. The molecule has 66 valence electrons. The molecule has 3 heteroatoms. The molecular weight excluding hydrogens is 162 g/mol. The van der Waals surface area contributed by atoms with Crippen molar-refractivity contribution < 1.29 is 0 Å². The summed E-state index contributed by atoms with van der Waals surface area (Å²) in [6, 6.07) is 9.56. The Bertz CT molecular complexity index is 437. The zero-order valence-electron chi connectivity index (χ0n) is 7.20. The number of nitrogen functional groups attached to an aromatic ring is 1. The number of pyridine rings is 1. The van der Waals surface area contributed by atoms with Gasteiger partial charge in [0.05, 0.1) is 11.2 Å². The molecule has 0 saturated heterocycles. The predicted octanol–water partition coefficient (Wildman–Crippen LogP) is 1.28. The molecule has 0 aliphatic rings. The second-order valence-electron chi connectivity index (χ2n) is 2.92. The smallest absolute Gasteiger partial charge is 0.0726 e. The largest absolute Gasteiger partial charge is 0.398 e. The molecule has 4 N–H and O–H groups in total. The standard InChI is InChI=1S/C10H11N3/c11-6-7-4-5-8-9(12)2-1-3-10(8)13-7/h1-5H,6,11-12H2. The number of nitrogens with zero attached hydrogens (tertiary/aromatic N) is 1. The molecule has 2 rings (SSSR count). The van der Waals surface area contributed by atoms with Crippen molar-refractivity contribution in [2.24, 2.45) is 5.73 Å². The lowest BCUT2D eigenvalue weighted by molar-refractivity contribution is 1.01. The molecule has 0 bridgehead atoms. The number of nitrogens with two attached hydrogens (primary N) is 2. The van der Waals surface area contributed by atoms with Crippen molar-refractivity contribution in [3.63, 3.8) is 0 Å². The summed E-state index contributed by atoms with van der Waals surface area (Å²) in [4.78, 5) is 4.35. The number of rotatable bonds is 1. The Kier molecular flexibility index (Phi) is 1.87. The maximum absolute atomic E-state index is 5.78. The minimum Gasteiger partial charge on any atom is -0.398 e. The second kappa shape index (κ2) is 3.03. The van der Waals surface area contributed by atoms with E-state index in [2.05, 4.69) is 4.98 Å². The first kappa shape index (κ1) is 8.01. The molecule has 13 heavy (non-hydrogen) atoms. The van der Waals surface area contributed by atoms with Crippen LogP contribution in [0.1, 0.15) is 5.69 Å². The van der Waals surface area contributed by atoms with E-state index in [1.165, 1.54) is 0 Å². The summed E-state index contributed by atoms with van der Waals surface area (Å²) in [5.74, 6) is 0. The van der Waals surface area contributed by atoms with E-state index in [1.807, 2.05) is 30.3 Å². The van der Waals surface area contributed by atoms with Crippen molar-refractivity contribution in [2.75, 3.05) is 5.73 Å². The molecule has 1 heterocycles. The summed E-state index contributed by atoms with van der Waals surface area (Å²) in [5.41, 5.74) is 13.8. The maximum atomic E-state index is 5.78. The van der Waals surface area contributed by atoms with Crippen LogP contribution in [0.2, 0.25) is 0 Å². The highest BCUT2D eigenvalue weighted by Crippen LogP contribution is 2.18. The minimum atomic E-state index is 0.463. The predicted molar refractivity (Wildman–Crippen MR) is 54.0 cm³/mol. The molecule has 0 unspecified atom stereocenters. The number of benzene rings is 1. The van der Waals surface area contributed by atoms with Gasteiger partial charge in [-0.25, -0.2) is 0 Å². The summed E-state index contributed by atoms with van der Waals surface area (Å²) in [6.45, 7) is 0.463. The molecule has 0 saturated carbocycles. The van der Waals surface area contributed by atoms with E-state index < -0.39 is 0 Å². The van der Waals surface area contributed by atoms with Crippen LogP contribution in [0.25, 0.3) is 10.9 Å². The van der Waals surface area contributed by atoms with Crippen LogP contribution in [0.5, 0.6) is 0 Å². The molecule has 0 fully saturated rings. The van der Waals surface area contributed by atoms with Gasteiger partial charge in [-0.15, -0.1) is 0 Å². The highest BCUT2D eigenvalue weighted by Gasteiger charge is 1.98. The topological polar surface area (TPSA) is 64.9 Å². The molecule has 0 atom stereocenters. The van der Waals surface area contributed by atoms with Gasteiger partial charge in [0.1, 0.15) is 0 Å². The molecule has 2 aromatic rings. The number of aromatic nitrogens is 1. The van der Waals surface area contributed by atoms with Gasteiger partial charge in [0.2, 0.25) is 0 Å². The first-order valence-electron chi connectivity index (χ1n) is 4.15. The van der Waals surface area contributed by atoms with Gasteiger partial charge in [0, 0.05) is 17.6 Å². The van der Waals surface area contributed by atoms with Crippen LogP contribution >= 0.6 is 0 Å². The van der Waals surface area contributed by atoms with Crippen LogP contribution in [-0.4, -0.2) is 4.98 Å². The average Bonchev–Trinajstić information content (AvgIpc) is 2.18. The Morgan fingerprint density at radius 3 is 2.77 bits per heavy atom. The lowest BCUT2D eigenvalue weighted by Crippen LogP contribution is -1.99. The monoisotopic (exact) mass is 173 g/mol. The van der Waals surface area contributed by atoms with Crippen molar-refractivity contribution in [3.8, 4) is 0 Å². The van der Waals surface area contributed by atoms with Crippen LogP contribution in [0, 0.1) is 0 Å². The second-order valence-corrected chi connectivity index (χ2v) is 2.92. The van der Waals surface area contributed by atoms with Gasteiger partial charge >= 0.3 is 0 Å². The van der Waals surface area contributed by atoms with Crippen LogP contribution in [0.15, 0.2) is 30.3 Å². The average molecular weight is 173 g/mol. The quantitative estimate of drug-likeness (QED) is 0.638. The summed E-state index contributed by atoms with van der Waals surface area (Å²) in [7, 11) is 0. The lowest BCUT2D eigenvalue weighted by atomic mass is 10.1. The normalized spacial score (nSPS) is 10.5. The maximum Gasteiger partial charge on any atom is 0.0726 e. The Morgan fingerprint density at radius 2 is 2.00 bits per heavy atom. The van der Waals surface area contributed by atoms with Crippen LogP contribution in [0.4, 0.5) is 5.69 Å². The third kappa shape index (κ3) is 1.34. The minimum absolute atomic E-state index is 0.463. The highest BCUT2D eigenvalue weighted by atomic mass is 14.7.